The van der Waals surface area contributed by atoms with Crippen LogP contribution in [0.25, 0.3) is 0 Å². The van der Waals surface area contributed by atoms with E-state index in [1.165, 1.54) is 6.20 Å². The van der Waals surface area contributed by atoms with Gasteiger partial charge in [0.15, 0.2) is 0 Å². The highest BCUT2D eigenvalue weighted by Crippen LogP contribution is 2.07. The van der Waals surface area contributed by atoms with Gasteiger partial charge in [0.1, 0.15) is 0 Å². The van der Waals surface area contributed by atoms with Crippen LogP contribution in [-0.4, -0.2) is 37.5 Å². The Morgan fingerprint density at radius 3 is 3.00 bits per heavy atom. The van der Waals surface area contributed by atoms with Crippen molar-refractivity contribution in [1.29, 1.82) is 0 Å². The van der Waals surface area contributed by atoms with Crippen LogP contribution in [0.1, 0.15) is 25.0 Å². The second-order valence-electron chi connectivity index (χ2n) is 4.48. The minimum absolute atomic E-state index is 0.154. The molecule has 2 rings (SSSR count). The lowest BCUT2D eigenvalue weighted by Crippen LogP contribution is -2.43. The Labute approximate surface area is 107 Å². The van der Waals surface area contributed by atoms with E-state index in [4.69, 9.17) is 0 Å². The quantitative estimate of drug-likeness (QED) is 0.764. The van der Waals surface area contributed by atoms with Crippen LogP contribution in [0.2, 0.25) is 0 Å². The normalized spacial score (nSPS) is 20.8. The molecule has 1 aromatic rings. The lowest BCUT2D eigenvalue weighted by molar-refractivity contribution is 0.398. The van der Waals surface area contributed by atoms with Crippen molar-refractivity contribution in [2.45, 2.75) is 37.4 Å². The van der Waals surface area contributed by atoms with Crippen LogP contribution in [0.5, 0.6) is 0 Å². The van der Waals surface area contributed by atoms with Crippen molar-refractivity contribution in [3.8, 4) is 0 Å². The summed E-state index contributed by atoms with van der Waals surface area (Å²) in [7, 11) is -3.59. The molecule has 1 atom stereocenters. The molecule has 0 radical (unpaired) electrons. The zero-order chi connectivity index (χ0) is 13.0. The first-order valence-electron chi connectivity index (χ1n) is 6.10. The van der Waals surface area contributed by atoms with Gasteiger partial charge >= 0.3 is 0 Å². The van der Waals surface area contributed by atoms with Crippen molar-refractivity contribution in [1.82, 2.24) is 20.0 Å². The Hall–Kier alpha value is -1.05. The Kier molecular flexibility index (Phi) is 4.26. The number of rotatable bonds is 4. The molecule has 0 saturated carbocycles. The number of aromatic nitrogens is 2. The van der Waals surface area contributed by atoms with Gasteiger partial charge in [-0.15, -0.1) is 0 Å². The molecule has 0 bridgehead atoms. The fraction of sp³-hybridized carbons (Fsp3) is 0.636. The van der Waals surface area contributed by atoms with Gasteiger partial charge in [0, 0.05) is 24.5 Å². The zero-order valence-electron chi connectivity index (χ0n) is 10.4. The third-order valence-corrected chi connectivity index (χ3v) is 4.17. The van der Waals surface area contributed by atoms with Crippen LogP contribution in [0, 0.1) is 6.92 Å². The maximum atomic E-state index is 12.0. The third kappa shape index (κ3) is 3.47. The van der Waals surface area contributed by atoms with Gasteiger partial charge in [0.05, 0.1) is 0 Å². The molecule has 100 valence electrons. The fourth-order valence-electron chi connectivity index (χ4n) is 1.93. The third-order valence-electron chi connectivity index (χ3n) is 2.95. The number of nitrogens with one attached hydrogen (secondary N) is 2. The zero-order valence-corrected chi connectivity index (χ0v) is 11.2. The van der Waals surface area contributed by atoms with Crippen molar-refractivity contribution < 1.29 is 8.42 Å². The molecule has 0 spiro atoms. The smallest absolute Gasteiger partial charge is 0.276 e. The van der Waals surface area contributed by atoms with E-state index in [-0.39, 0.29) is 11.2 Å². The summed E-state index contributed by atoms with van der Waals surface area (Å²) in [5.41, 5.74) is 0.640. The second-order valence-corrected chi connectivity index (χ2v) is 6.14. The summed E-state index contributed by atoms with van der Waals surface area (Å²) in [4.78, 5) is 7.72. The molecule has 0 aliphatic carbocycles. The highest BCUT2D eigenvalue weighted by Gasteiger charge is 2.20. The lowest BCUT2D eigenvalue weighted by Gasteiger charge is -2.23. The van der Waals surface area contributed by atoms with E-state index in [0.717, 1.165) is 25.8 Å². The van der Waals surface area contributed by atoms with Crippen molar-refractivity contribution in [2.24, 2.45) is 0 Å². The highest BCUT2D eigenvalue weighted by molar-refractivity contribution is 7.89. The molecule has 1 saturated heterocycles. The lowest BCUT2D eigenvalue weighted by atomic mass is 10.1. The van der Waals surface area contributed by atoms with Crippen molar-refractivity contribution in [3.05, 3.63) is 18.0 Å². The average molecular weight is 270 g/mol. The first-order chi connectivity index (χ1) is 8.58. The Morgan fingerprint density at radius 2 is 2.33 bits per heavy atom. The molecule has 2 heterocycles. The standard InChI is InChI=1S/C11H18N4O2S/c1-9-5-7-13-11(15-9)18(16,17)14-8-10-4-2-3-6-12-10/h5,7,10,12,14H,2-4,6,8H2,1H3/t10-/m0/s1. The van der Waals surface area contributed by atoms with Gasteiger partial charge in [0.25, 0.3) is 15.2 Å². The van der Waals surface area contributed by atoms with E-state index < -0.39 is 10.0 Å². The summed E-state index contributed by atoms with van der Waals surface area (Å²) >= 11 is 0. The Morgan fingerprint density at radius 1 is 1.50 bits per heavy atom. The molecule has 0 aromatic carbocycles. The number of piperidine rings is 1. The van der Waals surface area contributed by atoms with Crippen LogP contribution >= 0.6 is 0 Å². The van der Waals surface area contributed by atoms with E-state index in [1.54, 1.807) is 13.0 Å². The summed E-state index contributed by atoms with van der Waals surface area (Å²) in [6.45, 7) is 3.08. The molecular formula is C11H18N4O2S. The highest BCUT2D eigenvalue weighted by atomic mass is 32.2. The molecule has 2 N–H and O–H groups in total. The van der Waals surface area contributed by atoms with Gasteiger partial charge in [-0.05, 0) is 32.4 Å². The molecule has 0 unspecified atom stereocenters. The first-order valence-corrected chi connectivity index (χ1v) is 7.59. The van der Waals surface area contributed by atoms with Gasteiger partial charge in [-0.2, -0.15) is 0 Å². The fourth-order valence-corrected chi connectivity index (χ4v) is 2.94. The van der Waals surface area contributed by atoms with Crippen molar-refractivity contribution in [2.75, 3.05) is 13.1 Å². The molecule has 0 amide bonds. The minimum Gasteiger partial charge on any atom is -0.313 e. The van der Waals surface area contributed by atoms with E-state index in [2.05, 4.69) is 20.0 Å². The maximum Gasteiger partial charge on any atom is 0.276 e. The van der Waals surface area contributed by atoms with Crippen molar-refractivity contribution in [3.63, 3.8) is 0 Å². The van der Waals surface area contributed by atoms with E-state index >= 15 is 0 Å². The Bertz CT molecular complexity index is 498. The van der Waals surface area contributed by atoms with Crippen molar-refractivity contribution >= 4 is 10.0 Å². The predicted octanol–water partition coefficient (Wildman–Crippen LogP) is 0.205. The number of sulfonamides is 1. The van der Waals surface area contributed by atoms with Crippen LogP contribution < -0.4 is 10.0 Å². The maximum absolute atomic E-state index is 12.0. The molecule has 18 heavy (non-hydrogen) atoms. The van der Waals surface area contributed by atoms with Gasteiger partial charge in [-0.25, -0.2) is 23.1 Å². The summed E-state index contributed by atoms with van der Waals surface area (Å²) in [5.74, 6) is 0. The molecule has 1 fully saturated rings. The van der Waals surface area contributed by atoms with E-state index in [1.807, 2.05) is 0 Å². The van der Waals surface area contributed by atoms with Crippen LogP contribution in [-0.2, 0) is 10.0 Å². The molecule has 7 heteroatoms. The Balaban J connectivity index is 1.98. The summed E-state index contributed by atoms with van der Waals surface area (Å²) < 4.78 is 26.5. The molecule has 1 aromatic heterocycles. The summed E-state index contributed by atoms with van der Waals surface area (Å²) in [5, 5.41) is 3.13. The summed E-state index contributed by atoms with van der Waals surface area (Å²) in [6.07, 6.45) is 4.75. The number of nitrogens with zero attached hydrogens (tertiary/aromatic N) is 2. The van der Waals surface area contributed by atoms with Gasteiger partial charge in [-0.1, -0.05) is 6.42 Å². The number of hydrogen-bond donors (Lipinski definition) is 2. The number of hydrogen-bond acceptors (Lipinski definition) is 5. The topological polar surface area (TPSA) is 84.0 Å². The first kappa shape index (κ1) is 13.4. The molecule has 1 aliphatic rings. The minimum atomic E-state index is -3.59. The van der Waals surface area contributed by atoms with Crippen LogP contribution in [0.3, 0.4) is 0 Å². The van der Waals surface area contributed by atoms with E-state index in [9.17, 15) is 8.42 Å². The molecule has 1 aliphatic heterocycles. The van der Waals surface area contributed by atoms with Crippen LogP contribution in [0.4, 0.5) is 0 Å². The molecule has 6 nitrogen and oxygen atoms in total. The van der Waals surface area contributed by atoms with Gasteiger partial charge in [-0.3, -0.25) is 0 Å². The predicted molar refractivity (Wildman–Crippen MR) is 67.6 cm³/mol. The monoisotopic (exact) mass is 270 g/mol. The van der Waals surface area contributed by atoms with Gasteiger partial charge in [0.2, 0.25) is 0 Å². The second kappa shape index (κ2) is 5.73. The average Bonchev–Trinajstić information content (AvgIpc) is 2.38. The molecular weight excluding hydrogens is 252 g/mol. The van der Waals surface area contributed by atoms with Crippen LogP contribution in [0.15, 0.2) is 17.4 Å². The largest absolute Gasteiger partial charge is 0.313 e. The van der Waals surface area contributed by atoms with Gasteiger partial charge < -0.3 is 5.32 Å². The van der Waals surface area contributed by atoms with E-state index in [0.29, 0.717) is 12.2 Å². The SMILES string of the molecule is Cc1ccnc(S(=O)(=O)NC[C@@H]2CCCCN2)n1. The number of aryl methyl sites for hydroxylation is 1. The summed E-state index contributed by atoms with van der Waals surface area (Å²) in [6, 6.07) is 1.88.